The Hall–Kier alpha value is -1.38. The van der Waals surface area contributed by atoms with Gasteiger partial charge in [0.2, 0.25) is 5.91 Å². The van der Waals surface area contributed by atoms with E-state index < -0.39 is 0 Å². The van der Waals surface area contributed by atoms with Gasteiger partial charge in [0.1, 0.15) is 0 Å². The third-order valence-electron chi connectivity index (χ3n) is 6.41. The molecule has 6 nitrogen and oxygen atoms in total. The van der Waals surface area contributed by atoms with Crippen LogP contribution in [0.3, 0.4) is 0 Å². The van der Waals surface area contributed by atoms with Crippen LogP contribution in [0.2, 0.25) is 0 Å². The summed E-state index contributed by atoms with van der Waals surface area (Å²) in [6.07, 6.45) is 8.59. The van der Waals surface area contributed by atoms with Gasteiger partial charge in [-0.3, -0.25) is 4.79 Å². The largest absolute Gasteiger partial charge is 0.400 e. The summed E-state index contributed by atoms with van der Waals surface area (Å²) in [4.78, 5) is 15.4. The molecule has 0 radical (unpaired) electrons. The topological polar surface area (TPSA) is 82.0 Å². The summed E-state index contributed by atoms with van der Waals surface area (Å²) in [6, 6.07) is 11.2. The second kappa shape index (κ2) is 23.7. The molecule has 4 atom stereocenters. The lowest BCUT2D eigenvalue weighted by Gasteiger charge is -2.30. The summed E-state index contributed by atoms with van der Waals surface area (Å²) >= 11 is 3.53. The zero-order valence-electron chi connectivity index (χ0n) is 25.0. The number of aliphatic hydroxyl groups excluding tert-OH is 2. The second-order valence-electron chi connectivity index (χ2n) is 9.32. The van der Waals surface area contributed by atoms with Gasteiger partial charge in [-0.05, 0) is 91.4 Å². The molecule has 3 rings (SSSR count). The van der Waals surface area contributed by atoms with Gasteiger partial charge in [0.25, 0.3) is 0 Å². The number of thiol groups is 1. The highest BCUT2D eigenvalue weighted by Gasteiger charge is 2.44. The van der Waals surface area contributed by atoms with Crippen molar-refractivity contribution in [1.29, 1.82) is 0 Å². The van der Waals surface area contributed by atoms with E-state index in [0.29, 0.717) is 18.0 Å². The van der Waals surface area contributed by atoms with Gasteiger partial charge in [0.15, 0.2) is 0 Å². The molecule has 0 aromatic heterocycles. The van der Waals surface area contributed by atoms with Crippen LogP contribution in [0, 0.1) is 5.92 Å². The summed E-state index contributed by atoms with van der Waals surface area (Å²) in [6.45, 7) is 13.2. The number of fused-ring (bicyclic) bond motifs is 1. The Balaban J connectivity index is 0. The van der Waals surface area contributed by atoms with Crippen molar-refractivity contribution >= 4 is 18.5 Å². The molecule has 1 heterocycles. The van der Waals surface area contributed by atoms with Crippen molar-refractivity contribution in [2.24, 2.45) is 5.92 Å². The smallest absolute Gasteiger partial charge is 0.243 e. The summed E-state index contributed by atoms with van der Waals surface area (Å²) in [5.41, 5.74) is 3.95. The fraction of sp³-hybridized carbons (Fsp3) is 0.700. The van der Waals surface area contributed by atoms with Crippen LogP contribution in [0.25, 0.3) is 0 Å². The molecule has 1 aliphatic heterocycles. The van der Waals surface area contributed by atoms with Crippen molar-refractivity contribution < 1.29 is 19.7 Å². The summed E-state index contributed by atoms with van der Waals surface area (Å²) in [5.74, 6) is 0.953. The van der Waals surface area contributed by atoms with Gasteiger partial charge in [-0.15, -0.1) is 0 Å². The molecule has 1 unspecified atom stereocenters. The normalized spacial score (nSPS) is 18.8. The Labute approximate surface area is 233 Å². The summed E-state index contributed by atoms with van der Waals surface area (Å²) < 4.78 is 4.54. The quantitative estimate of drug-likeness (QED) is 0.344. The minimum atomic E-state index is -0.130. The fourth-order valence-electron chi connectivity index (χ4n) is 4.70. The number of aryl methyl sites for hydroxylation is 1. The highest BCUT2D eigenvalue weighted by molar-refractivity contribution is 7.79. The average molecular weight is 541 g/mol. The van der Waals surface area contributed by atoms with E-state index in [1.807, 2.05) is 13.8 Å². The Kier molecular flexibility index (Phi) is 24.2. The maximum Gasteiger partial charge on any atom is 0.243 e. The number of aliphatic hydroxyl groups is 2. The summed E-state index contributed by atoms with van der Waals surface area (Å²) in [7, 11) is 2.68. The van der Waals surface area contributed by atoms with Gasteiger partial charge in [-0.25, -0.2) is 0 Å². The molecule has 1 aromatic carbocycles. The molecule has 1 aromatic rings. The lowest BCUT2D eigenvalue weighted by atomic mass is 10.0. The average Bonchev–Trinajstić information content (AvgIpc) is 3.52. The van der Waals surface area contributed by atoms with Crippen LogP contribution in [0.4, 0.5) is 0 Å². The van der Waals surface area contributed by atoms with Crippen LogP contribution in [0.15, 0.2) is 41.6 Å². The maximum atomic E-state index is 13.2. The molecule has 1 aliphatic carbocycles. The first kappa shape index (κ1) is 37.8. The van der Waals surface area contributed by atoms with Crippen molar-refractivity contribution in [3.05, 3.63) is 47.2 Å². The maximum absolute atomic E-state index is 13.2. The monoisotopic (exact) mass is 540 g/mol. The fourth-order valence-corrected chi connectivity index (χ4v) is 4.70. The molecule has 0 spiro atoms. The second-order valence-corrected chi connectivity index (χ2v) is 9.32. The van der Waals surface area contributed by atoms with Gasteiger partial charge in [-0.2, -0.15) is 12.6 Å². The number of amides is 1. The number of ether oxygens (including phenoxy) is 1. The van der Waals surface area contributed by atoms with Crippen LogP contribution < -0.4 is 5.32 Å². The molecule has 1 saturated heterocycles. The van der Waals surface area contributed by atoms with Gasteiger partial charge >= 0.3 is 0 Å². The van der Waals surface area contributed by atoms with Gasteiger partial charge in [0, 0.05) is 45.2 Å². The molecule has 2 aliphatic rings. The number of carbonyl (C=O) groups excluding carboxylic acids is 1. The van der Waals surface area contributed by atoms with Crippen LogP contribution in [0.1, 0.15) is 79.2 Å². The van der Waals surface area contributed by atoms with Gasteiger partial charge in [-0.1, -0.05) is 42.3 Å². The molecule has 2 fully saturated rings. The Morgan fingerprint density at radius 1 is 1.14 bits per heavy atom. The minimum absolute atomic E-state index is 0.130. The Morgan fingerprint density at radius 2 is 1.68 bits per heavy atom. The van der Waals surface area contributed by atoms with E-state index in [0.717, 1.165) is 33.0 Å². The number of rotatable bonds is 7. The van der Waals surface area contributed by atoms with Crippen LogP contribution in [-0.2, 0) is 16.0 Å². The molecule has 3 N–H and O–H groups in total. The lowest BCUT2D eigenvalue weighted by molar-refractivity contribution is -0.132. The third kappa shape index (κ3) is 14.4. The van der Waals surface area contributed by atoms with E-state index in [4.69, 9.17) is 10.2 Å². The van der Waals surface area contributed by atoms with E-state index in [1.165, 1.54) is 36.1 Å². The SMILES string of the molecule is CC(C)=C1C[C@@H]2CCCC2N1C(=O)[C@H](C)N[C@H](C)CCc1ccccc1.CCO.CCOC.CO.CS. The predicted molar refractivity (Wildman–Crippen MR) is 161 cm³/mol. The van der Waals surface area contributed by atoms with Gasteiger partial charge < -0.3 is 25.2 Å². The van der Waals surface area contributed by atoms with E-state index >= 15 is 0 Å². The van der Waals surface area contributed by atoms with Gasteiger partial charge in [0.05, 0.1) is 6.04 Å². The molecule has 216 valence electrons. The van der Waals surface area contributed by atoms with Crippen molar-refractivity contribution in [3.63, 3.8) is 0 Å². The Morgan fingerprint density at radius 3 is 2.16 bits per heavy atom. The molecule has 7 heteroatoms. The number of nitrogens with zero attached hydrogens (tertiary/aromatic N) is 1. The molecule has 37 heavy (non-hydrogen) atoms. The minimum Gasteiger partial charge on any atom is -0.400 e. The molecule has 0 bridgehead atoms. The van der Waals surface area contributed by atoms with E-state index in [9.17, 15) is 4.79 Å². The van der Waals surface area contributed by atoms with Crippen molar-refractivity contribution in [3.8, 4) is 0 Å². The standard InChI is InChI=1S/C23H34N2O.C3H8O.C2H6O.CH4O.CH4S/c1-16(2)22-15-20-11-8-12-21(20)25(22)23(26)18(4)24-17(3)13-14-19-9-6-5-7-10-19;1-3-4-2;1-2-3;2*1-2/h5-7,9-10,17-18,20-21,24H,8,11-15H2,1-4H3;3H2,1-2H3;3H,2H2,1H3;2*2H,1H3/t17-,18+,20+,21?;;;;/m1..../s1. The molecule has 1 saturated carbocycles. The van der Waals surface area contributed by atoms with E-state index in [2.05, 4.69) is 78.7 Å². The molecule has 1 amide bonds. The van der Waals surface area contributed by atoms with E-state index in [-0.39, 0.29) is 18.6 Å². The number of carbonyl (C=O) groups is 1. The van der Waals surface area contributed by atoms with Crippen molar-refractivity contribution in [1.82, 2.24) is 10.2 Å². The zero-order valence-corrected chi connectivity index (χ0v) is 25.9. The van der Waals surface area contributed by atoms with E-state index in [1.54, 1.807) is 20.3 Å². The first-order valence-corrected chi connectivity index (χ1v) is 14.5. The first-order valence-electron chi connectivity index (χ1n) is 13.6. The zero-order chi connectivity index (χ0) is 28.8. The number of likely N-dealkylation sites (tertiary alicyclic amines) is 1. The molecular weight excluding hydrogens is 484 g/mol. The highest BCUT2D eigenvalue weighted by atomic mass is 32.1. The molecular formula is C30H56N2O4S. The first-order chi connectivity index (χ1) is 17.8. The number of hydrogen-bond acceptors (Lipinski definition) is 6. The highest BCUT2D eigenvalue weighted by Crippen LogP contribution is 2.44. The summed E-state index contributed by atoms with van der Waals surface area (Å²) in [5, 5.41) is 18.1. The van der Waals surface area contributed by atoms with Crippen molar-refractivity contribution in [2.75, 3.05) is 33.7 Å². The predicted octanol–water partition coefficient (Wildman–Crippen LogP) is 5.49. The number of nitrogens with one attached hydrogen (secondary N) is 1. The van der Waals surface area contributed by atoms with Crippen LogP contribution >= 0.6 is 12.6 Å². The van der Waals surface area contributed by atoms with Crippen LogP contribution in [0.5, 0.6) is 0 Å². The van der Waals surface area contributed by atoms with Crippen molar-refractivity contribution in [2.45, 2.75) is 98.2 Å². The number of hydrogen-bond donors (Lipinski definition) is 4. The Bertz CT molecular complexity index is 709. The lowest BCUT2D eigenvalue weighted by Crippen LogP contribution is -2.49. The van der Waals surface area contributed by atoms with Crippen LogP contribution in [-0.4, -0.2) is 72.8 Å². The number of allylic oxidation sites excluding steroid dienone is 2. The third-order valence-corrected chi connectivity index (χ3v) is 6.41. The number of benzene rings is 1. The number of methoxy groups -OCH3 is 1.